The van der Waals surface area contributed by atoms with Crippen LogP contribution in [0.3, 0.4) is 0 Å². The summed E-state index contributed by atoms with van der Waals surface area (Å²) in [5.74, 6) is 0. The Bertz CT molecular complexity index is 387. The van der Waals surface area contributed by atoms with Crippen LogP contribution in [0.15, 0.2) is 0 Å². The largest absolute Gasteiger partial charge is 0.375 e. The number of hydrogen-bond acceptors (Lipinski definition) is 4. The zero-order valence-electron chi connectivity index (χ0n) is 11.2. The van der Waals surface area contributed by atoms with Gasteiger partial charge in [0.1, 0.15) is 0 Å². The van der Waals surface area contributed by atoms with Crippen molar-refractivity contribution in [2.24, 2.45) is 0 Å². The Morgan fingerprint density at radius 3 is 2.82 bits per heavy atom. The van der Waals surface area contributed by atoms with Gasteiger partial charge in [-0.15, -0.1) is 11.3 Å². The Kier molecular flexibility index (Phi) is 3.85. The maximum Gasteiger partial charge on any atom is 0.0900 e. The van der Waals surface area contributed by atoms with Crippen LogP contribution < -0.4 is 5.32 Å². The lowest BCUT2D eigenvalue weighted by Crippen LogP contribution is -2.43. The highest BCUT2D eigenvalue weighted by molar-refractivity contribution is 7.11. The van der Waals surface area contributed by atoms with Gasteiger partial charge in [-0.1, -0.05) is 0 Å². The van der Waals surface area contributed by atoms with Crippen LogP contribution in [0.4, 0.5) is 0 Å². The third kappa shape index (κ3) is 3.50. The molecule has 17 heavy (non-hydrogen) atoms. The van der Waals surface area contributed by atoms with Crippen LogP contribution in [0.25, 0.3) is 0 Å². The Morgan fingerprint density at radius 2 is 2.24 bits per heavy atom. The van der Waals surface area contributed by atoms with Crippen LogP contribution in [0, 0.1) is 13.8 Å². The molecule has 1 aliphatic rings. The molecular formula is C13H22N2OS. The van der Waals surface area contributed by atoms with E-state index in [0.29, 0.717) is 6.04 Å². The van der Waals surface area contributed by atoms with E-state index in [9.17, 15) is 0 Å². The molecule has 2 heterocycles. The second-order valence-electron chi connectivity index (χ2n) is 5.42. The van der Waals surface area contributed by atoms with E-state index in [-0.39, 0.29) is 5.60 Å². The molecule has 0 bridgehead atoms. The van der Waals surface area contributed by atoms with E-state index >= 15 is 0 Å². The highest BCUT2D eigenvalue weighted by Gasteiger charge is 2.28. The fourth-order valence-electron chi connectivity index (χ4n) is 2.38. The summed E-state index contributed by atoms with van der Waals surface area (Å²) < 4.78 is 5.73. The van der Waals surface area contributed by atoms with Gasteiger partial charge < -0.3 is 10.1 Å². The Hall–Kier alpha value is -0.450. The number of aryl methyl sites for hydroxylation is 2. The predicted molar refractivity (Wildman–Crippen MR) is 71.5 cm³/mol. The molecule has 1 aromatic rings. The first-order chi connectivity index (χ1) is 7.96. The number of nitrogens with one attached hydrogen (secondary N) is 1. The van der Waals surface area contributed by atoms with Crippen molar-refractivity contribution in [2.45, 2.75) is 58.7 Å². The minimum atomic E-state index is 0.0224. The monoisotopic (exact) mass is 254 g/mol. The number of aromatic nitrogens is 1. The Morgan fingerprint density at radius 1 is 1.47 bits per heavy atom. The quantitative estimate of drug-likeness (QED) is 0.900. The molecule has 0 amide bonds. The third-order valence-electron chi connectivity index (χ3n) is 3.25. The number of nitrogens with zero attached hydrogens (tertiary/aromatic N) is 1. The van der Waals surface area contributed by atoms with Gasteiger partial charge in [0.15, 0.2) is 0 Å². The van der Waals surface area contributed by atoms with Crippen LogP contribution in [-0.2, 0) is 11.3 Å². The van der Waals surface area contributed by atoms with E-state index in [1.54, 1.807) is 11.3 Å². The van der Waals surface area contributed by atoms with Crippen molar-refractivity contribution >= 4 is 11.3 Å². The Labute approximate surface area is 108 Å². The van der Waals surface area contributed by atoms with E-state index < -0.39 is 0 Å². The molecule has 96 valence electrons. The smallest absolute Gasteiger partial charge is 0.0900 e. The maximum atomic E-state index is 5.73. The summed E-state index contributed by atoms with van der Waals surface area (Å²) in [5.41, 5.74) is 1.19. The molecule has 1 unspecified atom stereocenters. The van der Waals surface area contributed by atoms with Gasteiger partial charge in [0.2, 0.25) is 0 Å². The molecule has 0 radical (unpaired) electrons. The van der Waals surface area contributed by atoms with Crippen LogP contribution in [0.2, 0.25) is 0 Å². The van der Waals surface area contributed by atoms with E-state index in [0.717, 1.165) is 31.0 Å². The van der Waals surface area contributed by atoms with Gasteiger partial charge in [0, 0.05) is 24.1 Å². The van der Waals surface area contributed by atoms with Crippen LogP contribution >= 0.6 is 11.3 Å². The van der Waals surface area contributed by atoms with E-state index in [1.165, 1.54) is 10.6 Å². The molecular weight excluding hydrogens is 232 g/mol. The number of hydrogen-bond donors (Lipinski definition) is 1. The minimum absolute atomic E-state index is 0.0224. The third-order valence-corrected chi connectivity index (χ3v) is 4.32. The molecule has 4 heteroatoms. The summed E-state index contributed by atoms with van der Waals surface area (Å²) in [6.45, 7) is 10.3. The van der Waals surface area contributed by atoms with Crippen molar-refractivity contribution in [3.63, 3.8) is 0 Å². The normalized spacial score (nSPS) is 23.9. The topological polar surface area (TPSA) is 34.2 Å². The molecule has 0 spiro atoms. The summed E-state index contributed by atoms with van der Waals surface area (Å²) in [5, 5.41) is 4.80. The highest BCUT2D eigenvalue weighted by atomic mass is 32.1. The second-order valence-corrected chi connectivity index (χ2v) is 6.71. The molecule has 1 fully saturated rings. The number of ether oxygens (including phenoxy) is 1. The van der Waals surface area contributed by atoms with Gasteiger partial charge in [-0.2, -0.15) is 0 Å². The molecule has 1 saturated heterocycles. The summed E-state index contributed by atoms with van der Waals surface area (Å²) in [7, 11) is 0. The number of rotatable bonds is 3. The predicted octanol–water partition coefficient (Wildman–Crippen LogP) is 2.81. The van der Waals surface area contributed by atoms with E-state index in [4.69, 9.17) is 4.74 Å². The molecule has 3 nitrogen and oxygen atoms in total. The molecule has 1 aliphatic heterocycles. The Balaban J connectivity index is 1.88. The lowest BCUT2D eigenvalue weighted by molar-refractivity contribution is -0.0630. The molecule has 0 aliphatic carbocycles. The summed E-state index contributed by atoms with van der Waals surface area (Å²) >= 11 is 1.80. The van der Waals surface area contributed by atoms with Crippen molar-refractivity contribution in [3.8, 4) is 0 Å². The van der Waals surface area contributed by atoms with Crippen molar-refractivity contribution in [1.29, 1.82) is 0 Å². The first kappa shape index (κ1) is 13.0. The zero-order chi connectivity index (χ0) is 12.5. The molecule has 1 aromatic heterocycles. The highest BCUT2D eigenvalue weighted by Crippen LogP contribution is 2.25. The molecule has 1 N–H and O–H groups in total. The van der Waals surface area contributed by atoms with Crippen LogP contribution in [0.1, 0.15) is 42.3 Å². The maximum absolute atomic E-state index is 5.73. The van der Waals surface area contributed by atoms with Gasteiger partial charge in [0.25, 0.3) is 0 Å². The van der Waals surface area contributed by atoms with Crippen molar-refractivity contribution in [2.75, 3.05) is 6.61 Å². The summed E-state index contributed by atoms with van der Waals surface area (Å²) in [4.78, 5) is 5.82. The van der Waals surface area contributed by atoms with Crippen molar-refractivity contribution in [3.05, 3.63) is 15.6 Å². The van der Waals surface area contributed by atoms with Gasteiger partial charge in [-0.05, 0) is 40.5 Å². The fourth-order valence-corrected chi connectivity index (χ4v) is 3.27. The standard InChI is InChI=1S/C13H22N2OS/c1-9-12(17-10(2)15-9)8-14-11-5-6-16-13(3,4)7-11/h11,14H,5-8H2,1-4H3. The minimum Gasteiger partial charge on any atom is -0.375 e. The first-order valence-corrected chi connectivity index (χ1v) is 7.08. The number of thiazole rings is 1. The molecule has 0 saturated carbocycles. The SMILES string of the molecule is Cc1nc(C)c(CNC2CCOC(C)(C)C2)s1. The average Bonchev–Trinajstić information content (AvgIpc) is 2.53. The average molecular weight is 254 g/mol. The van der Waals surface area contributed by atoms with Gasteiger partial charge >= 0.3 is 0 Å². The summed E-state index contributed by atoms with van der Waals surface area (Å²) in [6.07, 6.45) is 2.20. The zero-order valence-corrected chi connectivity index (χ0v) is 12.0. The second kappa shape index (κ2) is 5.04. The molecule has 1 atom stereocenters. The van der Waals surface area contributed by atoms with E-state index in [2.05, 4.69) is 38.0 Å². The lowest BCUT2D eigenvalue weighted by atomic mass is 9.94. The van der Waals surface area contributed by atoms with Crippen molar-refractivity contribution < 1.29 is 4.74 Å². The summed E-state index contributed by atoms with van der Waals surface area (Å²) in [6, 6.07) is 0.570. The van der Waals surface area contributed by atoms with Crippen LogP contribution in [0.5, 0.6) is 0 Å². The van der Waals surface area contributed by atoms with Gasteiger partial charge in [-0.25, -0.2) is 4.98 Å². The molecule has 2 rings (SSSR count). The molecule has 0 aromatic carbocycles. The lowest BCUT2D eigenvalue weighted by Gasteiger charge is -2.35. The van der Waals surface area contributed by atoms with E-state index in [1.807, 2.05) is 0 Å². The van der Waals surface area contributed by atoms with Crippen LogP contribution in [-0.4, -0.2) is 23.2 Å². The fraction of sp³-hybridized carbons (Fsp3) is 0.769. The first-order valence-electron chi connectivity index (χ1n) is 6.26. The van der Waals surface area contributed by atoms with Gasteiger partial charge in [0.05, 0.1) is 16.3 Å². The van der Waals surface area contributed by atoms with Gasteiger partial charge in [-0.3, -0.25) is 0 Å². The van der Waals surface area contributed by atoms with Crippen molar-refractivity contribution in [1.82, 2.24) is 10.3 Å².